The van der Waals surface area contributed by atoms with E-state index in [0.717, 1.165) is 41.3 Å². The molecule has 0 aliphatic carbocycles. The summed E-state index contributed by atoms with van der Waals surface area (Å²) in [6.45, 7) is 6.60. The van der Waals surface area contributed by atoms with E-state index >= 15 is 0 Å². The van der Waals surface area contributed by atoms with Crippen molar-refractivity contribution in [2.75, 3.05) is 48.8 Å². The van der Waals surface area contributed by atoms with Crippen molar-refractivity contribution in [2.45, 2.75) is 13.8 Å². The number of benzene rings is 2. The standard InChI is InChI=1S/C27H28N6O3S/c1-3-37-26(35)22-16-21(8-9-23(22)33-12-14-36-15-13-33)31-27-30-17-18(2)24(32-27)19-4-6-20(7-5-19)25(34)29-11-10-28/h4-9,16-17H,3,11-15H2,1-2H3,(H,29,34)(H,30,31,32). The number of aryl methyl sites for hydroxylation is 1. The van der Waals surface area contributed by atoms with E-state index in [1.807, 2.05) is 50.2 Å². The average molecular weight is 517 g/mol. The maximum absolute atomic E-state index is 12.9. The lowest BCUT2D eigenvalue weighted by atomic mass is 10.1. The van der Waals surface area contributed by atoms with E-state index in [9.17, 15) is 9.59 Å². The molecule has 190 valence electrons. The zero-order valence-electron chi connectivity index (χ0n) is 20.8. The number of nitriles is 1. The fourth-order valence-corrected chi connectivity index (χ4v) is 4.57. The number of hydrogen-bond acceptors (Lipinski definition) is 9. The molecule has 0 unspecified atom stereocenters. The molecule has 0 bridgehead atoms. The van der Waals surface area contributed by atoms with Crippen molar-refractivity contribution >= 4 is 40.1 Å². The monoisotopic (exact) mass is 516 g/mol. The van der Waals surface area contributed by atoms with Crippen LogP contribution in [0, 0.1) is 18.3 Å². The molecule has 2 heterocycles. The zero-order chi connectivity index (χ0) is 26.2. The number of amides is 1. The maximum Gasteiger partial charge on any atom is 0.252 e. The number of nitrogens with zero attached hydrogens (tertiary/aromatic N) is 4. The second kappa shape index (κ2) is 12.3. The lowest BCUT2D eigenvalue weighted by Gasteiger charge is -2.30. The molecule has 37 heavy (non-hydrogen) atoms. The molecule has 0 saturated carbocycles. The summed E-state index contributed by atoms with van der Waals surface area (Å²) < 4.78 is 5.47. The summed E-state index contributed by atoms with van der Waals surface area (Å²) in [5.41, 5.74) is 5.18. The van der Waals surface area contributed by atoms with Gasteiger partial charge in [0.2, 0.25) is 11.1 Å². The number of aromatic nitrogens is 2. The molecule has 0 spiro atoms. The first kappa shape index (κ1) is 26.1. The van der Waals surface area contributed by atoms with Gasteiger partial charge < -0.3 is 20.3 Å². The maximum atomic E-state index is 12.9. The van der Waals surface area contributed by atoms with Gasteiger partial charge in [-0.1, -0.05) is 30.8 Å². The molecule has 0 radical (unpaired) electrons. The van der Waals surface area contributed by atoms with Crippen LogP contribution in [0.5, 0.6) is 0 Å². The van der Waals surface area contributed by atoms with Gasteiger partial charge in [0, 0.05) is 41.8 Å². The van der Waals surface area contributed by atoms with Gasteiger partial charge in [0.1, 0.15) is 6.54 Å². The van der Waals surface area contributed by atoms with Crippen LogP contribution in [0.25, 0.3) is 11.3 Å². The quantitative estimate of drug-likeness (QED) is 0.425. The smallest absolute Gasteiger partial charge is 0.252 e. The number of anilines is 3. The largest absolute Gasteiger partial charge is 0.378 e. The van der Waals surface area contributed by atoms with Crippen molar-refractivity contribution in [3.63, 3.8) is 0 Å². The minimum Gasteiger partial charge on any atom is -0.378 e. The highest BCUT2D eigenvalue weighted by Gasteiger charge is 2.20. The van der Waals surface area contributed by atoms with Crippen molar-refractivity contribution in [1.29, 1.82) is 5.26 Å². The van der Waals surface area contributed by atoms with Crippen molar-refractivity contribution < 1.29 is 14.3 Å². The van der Waals surface area contributed by atoms with E-state index in [1.54, 1.807) is 18.3 Å². The number of carbonyl (C=O) groups is 2. The third kappa shape index (κ3) is 6.44. The van der Waals surface area contributed by atoms with Gasteiger partial charge in [-0.2, -0.15) is 5.26 Å². The molecular formula is C27H28N6O3S. The molecule has 2 aromatic carbocycles. The van der Waals surface area contributed by atoms with Crippen LogP contribution < -0.4 is 15.5 Å². The Hall–Kier alpha value is -3.94. The highest BCUT2D eigenvalue weighted by Crippen LogP contribution is 2.30. The summed E-state index contributed by atoms with van der Waals surface area (Å²) in [7, 11) is 0. The Labute approximate surface area is 220 Å². The molecule has 3 aromatic rings. The van der Waals surface area contributed by atoms with Crippen LogP contribution in [-0.4, -0.2) is 59.6 Å². The summed E-state index contributed by atoms with van der Waals surface area (Å²) in [5.74, 6) is 0.793. The van der Waals surface area contributed by atoms with Crippen LogP contribution in [-0.2, 0) is 4.74 Å². The molecule has 2 N–H and O–H groups in total. The molecule has 10 heteroatoms. The number of carbonyl (C=O) groups excluding carboxylic acids is 2. The van der Waals surface area contributed by atoms with Gasteiger partial charge in [0.05, 0.1) is 30.5 Å². The minimum absolute atomic E-state index is 0.0250. The van der Waals surface area contributed by atoms with E-state index in [0.29, 0.717) is 36.0 Å². The van der Waals surface area contributed by atoms with Gasteiger partial charge in [-0.25, -0.2) is 9.97 Å². The van der Waals surface area contributed by atoms with Crippen molar-refractivity contribution in [1.82, 2.24) is 15.3 Å². The first-order chi connectivity index (χ1) is 18.0. The van der Waals surface area contributed by atoms with Crippen LogP contribution in [0.4, 0.5) is 17.3 Å². The van der Waals surface area contributed by atoms with Gasteiger partial charge in [0.15, 0.2) is 0 Å². The summed E-state index contributed by atoms with van der Waals surface area (Å²) in [4.78, 5) is 36.3. The average Bonchev–Trinajstić information content (AvgIpc) is 2.93. The molecule has 1 amide bonds. The first-order valence-corrected chi connectivity index (χ1v) is 13.0. The Kier molecular flexibility index (Phi) is 8.72. The number of ether oxygens (including phenoxy) is 1. The molecule has 1 saturated heterocycles. The molecule has 1 fully saturated rings. The van der Waals surface area contributed by atoms with E-state index in [1.165, 1.54) is 11.8 Å². The Morgan fingerprint density at radius 3 is 2.62 bits per heavy atom. The van der Waals surface area contributed by atoms with E-state index in [2.05, 4.69) is 20.5 Å². The number of morpholine rings is 1. The van der Waals surface area contributed by atoms with Gasteiger partial charge in [0.25, 0.3) is 5.91 Å². The number of nitrogens with one attached hydrogen (secondary N) is 2. The Morgan fingerprint density at radius 2 is 1.92 bits per heavy atom. The summed E-state index contributed by atoms with van der Waals surface area (Å²) in [6.07, 6.45) is 1.74. The normalized spacial score (nSPS) is 13.1. The molecule has 1 aromatic heterocycles. The first-order valence-electron chi connectivity index (χ1n) is 12.0. The van der Waals surface area contributed by atoms with Crippen molar-refractivity contribution in [3.8, 4) is 17.3 Å². The predicted octanol–water partition coefficient (Wildman–Crippen LogP) is 4.18. The molecule has 9 nitrogen and oxygen atoms in total. The third-order valence-electron chi connectivity index (χ3n) is 5.82. The molecule has 0 atom stereocenters. The number of hydrogen-bond donors (Lipinski definition) is 2. The van der Waals surface area contributed by atoms with Gasteiger partial charge in [-0.3, -0.25) is 9.59 Å². The van der Waals surface area contributed by atoms with E-state index in [-0.39, 0.29) is 17.6 Å². The molecule has 4 rings (SSSR count). The topological polar surface area (TPSA) is 120 Å². The van der Waals surface area contributed by atoms with Crippen LogP contribution in [0.2, 0.25) is 0 Å². The molecule has 1 aliphatic rings. The number of thioether (sulfide) groups is 1. The van der Waals surface area contributed by atoms with Crippen LogP contribution in [0.15, 0.2) is 48.7 Å². The minimum atomic E-state index is -0.304. The number of rotatable bonds is 8. The van der Waals surface area contributed by atoms with E-state index in [4.69, 9.17) is 15.0 Å². The zero-order valence-corrected chi connectivity index (χ0v) is 21.6. The van der Waals surface area contributed by atoms with Crippen LogP contribution >= 0.6 is 11.8 Å². The lowest BCUT2D eigenvalue weighted by molar-refractivity contribution is 0.0958. The van der Waals surface area contributed by atoms with E-state index < -0.39 is 0 Å². The second-order valence-electron chi connectivity index (χ2n) is 8.32. The highest BCUT2D eigenvalue weighted by atomic mass is 32.2. The van der Waals surface area contributed by atoms with Crippen LogP contribution in [0.1, 0.15) is 33.2 Å². The van der Waals surface area contributed by atoms with Crippen molar-refractivity contribution in [3.05, 3.63) is 65.4 Å². The van der Waals surface area contributed by atoms with Gasteiger partial charge in [-0.05, 0) is 48.6 Å². The van der Waals surface area contributed by atoms with Crippen molar-refractivity contribution in [2.24, 2.45) is 0 Å². The fraction of sp³-hybridized carbons (Fsp3) is 0.296. The Bertz CT molecular complexity index is 1320. The predicted molar refractivity (Wildman–Crippen MR) is 145 cm³/mol. The lowest BCUT2D eigenvalue weighted by Crippen LogP contribution is -2.37. The summed E-state index contributed by atoms with van der Waals surface area (Å²) in [5, 5.41) is 14.4. The SMILES string of the molecule is CCSC(=O)c1cc(Nc2ncc(C)c(-c3ccc(C(=O)NCC#N)cc3)n2)ccc1N1CCOCC1. The van der Waals surface area contributed by atoms with Gasteiger partial charge in [-0.15, -0.1) is 0 Å². The second-order valence-corrected chi connectivity index (χ2v) is 9.56. The highest BCUT2D eigenvalue weighted by molar-refractivity contribution is 8.14. The molecular weight excluding hydrogens is 488 g/mol. The molecule has 1 aliphatic heterocycles. The summed E-state index contributed by atoms with van der Waals surface area (Å²) >= 11 is 1.29. The Morgan fingerprint density at radius 1 is 1.16 bits per heavy atom. The third-order valence-corrected chi connectivity index (χ3v) is 6.59. The summed E-state index contributed by atoms with van der Waals surface area (Å²) in [6, 6.07) is 14.7. The van der Waals surface area contributed by atoms with Crippen LogP contribution in [0.3, 0.4) is 0 Å². The fourth-order valence-electron chi connectivity index (χ4n) is 3.99. The van der Waals surface area contributed by atoms with Gasteiger partial charge >= 0.3 is 0 Å². The Balaban J connectivity index is 1.58.